The lowest BCUT2D eigenvalue weighted by molar-refractivity contribution is 0.181. The Kier molecular flexibility index (Phi) is 6.24. The standard InChI is InChI=1S/C28H31N3O3/c1-5-18-6-15-25-23(16-18)27(20-9-13-22(34-4)14-10-20)29-28-26(24(17-32-2)30-31(25)28)19-7-11-21(33-3)12-8-19/h7-14,18H,5-6,15-17H2,1-4H3/t18-/m0/s1. The second-order valence-corrected chi connectivity index (χ2v) is 8.85. The van der Waals surface area contributed by atoms with Crippen LogP contribution in [-0.4, -0.2) is 35.9 Å². The number of benzene rings is 2. The van der Waals surface area contributed by atoms with E-state index in [4.69, 9.17) is 24.3 Å². The highest BCUT2D eigenvalue weighted by molar-refractivity contribution is 5.82. The Morgan fingerprint density at radius 1 is 0.912 bits per heavy atom. The monoisotopic (exact) mass is 457 g/mol. The summed E-state index contributed by atoms with van der Waals surface area (Å²) in [6, 6.07) is 16.3. The first-order valence-electron chi connectivity index (χ1n) is 11.9. The third kappa shape index (κ3) is 3.92. The van der Waals surface area contributed by atoms with E-state index in [1.807, 2.05) is 24.3 Å². The Bertz CT molecular complexity index is 1290. The summed E-state index contributed by atoms with van der Waals surface area (Å²) >= 11 is 0. The normalized spacial score (nSPS) is 15.4. The van der Waals surface area contributed by atoms with Gasteiger partial charge in [-0.1, -0.05) is 25.5 Å². The first kappa shape index (κ1) is 22.4. The van der Waals surface area contributed by atoms with E-state index in [0.29, 0.717) is 12.5 Å². The zero-order valence-corrected chi connectivity index (χ0v) is 20.3. The summed E-state index contributed by atoms with van der Waals surface area (Å²) < 4.78 is 18.4. The lowest BCUT2D eigenvalue weighted by atomic mass is 9.83. The lowest BCUT2D eigenvalue weighted by Crippen LogP contribution is -2.19. The summed E-state index contributed by atoms with van der Waals surface area (Å²) in [5.74, 6) is 2.33. The fourth-order valence-corrected chi connectivity index (χ4v) is 5.01. The van der Waals surface area contributed by atoms with Gasteiger partial charge in [0.25, 0.3) is 0 Å². The molecular formula is C28H31N3O3. The summed E-state index contributed by atoms with van der Waals surface area (Å²) in [6.45, 7) is 2.70. The number of ether oxygens (including phenoxy) is 3. The molecule has 0 fully saturated rings. The molecule has 34 heavy (non-hydrogen) atoms. The minimum absolute atomic E-state index is 0.426. The van der Waals surface area contributed by atoms with Gasteiger partial charge in [0.05, 0.1) is 37.8 Å². The number of nitrogens with zero attached hydrogens (tertiary/aromatic N) is 3. The summed E-state index contributed by atoms with van der Waals surface area (Å²) in [5, 5.41) is 5.03. The van der Waals surface area contributed by atoms with E-state index < -0.39 is 0 Å². The van der Waals surface area contributed by atoms with Crippen LogP contribution >= 0.6 is 0 Å². The zero-order valence-electron chi connectivity index (χ0n) is 20.3. The Labute approximate surface area is 200 Å². The average molecular weight is 458 g/mol. The third-order valence-corrected chi connectivity index (χ3v) is 6.92. The van der Waals surface area contributed by atoms with Gasteiger partial charge >= 0.3 is 0 Å². The Morgan fingerprint density at radius 2 is 1.56 bits per heavy atom. The van der Waals surface area contributed by atoms with Crippen LogP contribution in [0.4, 0.5) is 0 Å². The number of rotatable bonds is 7. The van der Waals surface area contributed by atoms with Crippen molar-refractivity contribution in [3.63, 3.8) is 0 Å². The quantitative estimate of drug-likeness (QED) is 0.354. The maximum atomic E-state index is 5.54. The van der Waals surface area contributed by atoms with Gasteiger partial charge in [0.15, 0.2) is 5.65 Å². The molecule has 0 radical (unpaired) electrons. The van der Waals surface area contributed by atoms with Gasteiger partial charge in [-0.3, -0.25) is 0 Å². The summed E-state index contributed by atoms with van der Waals surface area (Å²) in [4.78, 5) is 5.28. The number of hydrogen-bond acceptors (Lipinski definition) is 5. The first-order chi connectivity index (χ1) is 16.7. The molecule has 4 aromatic rings. The molecule has 2 heterocycles. The molecule has 5 rings (SSSR count). The molecule has 2 aromatic carbocycles. The molecule has 1 atom stereocenters. The number of hydrogen-bond donors (Lipinski definition) is 0. The van der Waals surface area contributed by atoms with Crippen molar-refractivity contribution in [1.29, 1.82) is 0 Å². The van der Waals surface area contributed by atoms with Crippen LogP contribution in [0.2, 0.25) is 0 Å². The molecule has 0 saturated heterocycles. The van der Waals surface area contributed by atoms with E-state index >= 15 is 0 Å². The van der Waals surface area contributed by atoms with Gasteiger partial charge in [-0.05, 0) is 67.1 Å². The molecule has 0 unspecified atom stereocenters. The molecule has 6 heteroatoms. The van der Waals surface area contributed by atoms with Crippen LogP contribution in [0.15, 0.2) is 48.5 Å². The SMILES string of the molecule is CC[C@H]1CCc2c(c(-c3ccc(OC)cc3)nc3c(-c4ccc(OC)cc4)c(COC)nn23)C1. The predicted octanol–water partition coefficient (Wildman–Crippen LogP) is 5.74. The number of aryl methyl sites for hydroxylation is 1. The summed E-state index contributed by atoms with van der Waals surface area (Å²) in [5.41, 5.74) is 8.55. The van der Waals surface area contributed by atoms with E-state index in [2.05, 4.69) is 35.7 Å². The Morgan fingerprint density at radius 3 is 2.15 bits per heavy atom. The minimum Gasteiger partial charge on any atom is -0.497 e. The number of methoxy groups -OCH3 is 3. The van der Waals surface area contributed by atoms with Crippen molar-refractivity contribution in [3.05, 3.63) is 65.5 Å². The topological polar surface area (TPSA) is 57.9 Å². The number of fused-ring (bicyclic) bond motifs is 3. The van der Waals surface area contributed by atoms with Crippen molar-refractivity contribution >= 4 is 5.65 Å². The molecule has 0 spiro atoms. The molecule has 0 N–H and O–H groups in total. The Balaban J connectivity index is 1.77. The maximum Gasteiger partial charge on any atom is 0.164 e. The highest BCUT2D eigenvalue weighted by atomic mass is 16.5. The van der Waals surface area contributed by atoms with Gasteiger partial charge in [-0.2, -0.15) is 5.10 Å². The van der Waals surface area contributed by atoms with Gasteiger partial charge in [0, 0.05) is 23.9 Å². The van der Waals surface area contributed by atoms with Gasteiger partial charge in [-0.25, -0.2) is 9.50 Å². The van der Waals surface area contributed by atoms with E-state index in [1.165, 1.54) is 24.1 Å². The van der Waals surface area contributed by atoms with Crippen molar-refractivity contribution in [2.75, 3.05) is 21.3 Å². The van der Waals surface area contributed by atoms with E-state index in [9.17, 15) is 0 Å². The molecule has 1 aliphatic rings. The van der Waals surface area contributed by atoms with Crippen molar-refractivity contribution in [2.24, 2.45) is 5.92 Å². The van der Waals surface area contributed by atoms with Crippen LogP contribution in [0, 0.1) is 5.92 Å². The van der Waals surface area contributed by atoms with Crippen LogP contribution in [0.3, 0.4) is 0 Å². The molecule has 0 amide bonds. The molecule has 6 nitrogen and oxygen atoms in total. The fraction of sp³-hybridized carbons (Fsp3) is 0.357. The van der Waals surface area contributed by atoms with Gasteiger partial charge in [0.2, 0.25) is 0 Å². The molecule has 2 aromatic heterocycles. The van der Waals surface area contributed by atoms with E-state index in [-0.39, 0.29) is 0 Å². The largest absolute Gasteiger partial charge is 0.497 e. The van der Waals surface area contributed by atoms with Gasteiger partial charge in [0.1, 0.15) is 11.5 Å². The Hall–Kier alpha value is -3.38. The van der Waals surface area contributed by atoms with Crippen LogP contribution in [0.5, 0.6) is 11.5 Å². The highest BCUT2D eigenvalue weighted by Gasteiger charge is 2.28. The van der Waals surface area contributed by atoms with Crippen LogP contribution < -0.4 is 9.47 Å². The van der Waals surface area contributed by atoms with Gasteiger partial charge < -0.3 is 14.2 Å². The predicted molar refractivity (Wildman–Crippen MR) is 133 cm³/mol. The van der Waals surface area contributed by atoms with Crippen molar-refractivity contribution in [2.45, 2.75) is 39.2 Å². The van der Waals surface area contributed by atoms with Crippen LogP contribution in [0.1, 0.15) is 36.7 Å². The molecule has 176 valence electrons. The second kappa shape index (κ2) is 9.47. The third-order valence-electron chi connectivity index (χ3n) is 6.92. The summed E-state index contributed by atoms with van der Waals surface area (Å²) in [7, 11) is 5.08. The molecule has 0 aliphatic heterocycles. The van der Waals surface area contributed by atoms with Crippen molar-refractivity contribution < 1.29 is 14.2 Å². The molecule has 1 aliphatic carbocycles. The smallest absolute Gasteiger partial charge is 0.164 e. The van der Waals surface area contributed by atoms with E-state index in [0.717, 1.165) is 58.1 Å². The average Bonchev–Trinajstić information content (AvgIpc) is 3.26. The fourth-order valence-electron chi connectivity index (χ4n) is 5.01. The first-order valence-corrected chi connectivity index (χ1v) is 11.9. The van der Waals surface area contributed by atoms with Crippen molar-refractivity contribution in [3.8, 4) is 33.9 Å². The molecule has 0 bridgehead atoms. The second-order valence-electron chi connectivity index (χ2n) is 8.85. The maximum absolute atomic E-state index is 5.54. The number of aromatic nitrogens is 3. The molecule has 0 saturated carbocycles. The van der Waals surface area contributed by atoms with Gasteiger partial charge in [-0.15, -0.1) is 0 Å². The van der Waals surface area contributed by atoms with Crippen molar-refractivity contribution in [1.82, 2.24) is 14.6 Å². The van der Waals surface area contributed by atoms with E-state index in [1.54, 1.807) is 21.3 Å². The zero-order chi connectivity index (χ0) is 23.7. The summed E-state index contributed by atoms with van der Waals surface area (Å²) in [6.07, 6.45) is 4.35. The molecular weight excluding hydrogens is 426 g/mol. The minimum atomic E-state index is 0.426. The highest BCUT2D eigenvalue weighted by Crippen LogP contribution is 2.38. The van der Waals surface area contributed by atoms with Crippen LogP contribution in [-0.2, 0) is 24.2 Å². The lowest BCUT2D eigenvalue weighted by Gasteiger charge is -2.26. The van der Waals surface area contributed by atoms with Crippen LogP contribution in [0.25, 0.3) is 28.0 Å².